The van der Waals surface area contributed by atoms with Gasteiger partial charge in [-0.2, -0.15) is 0 Å². The van der Waals surface area contributed by atoms with Gasteiger partial charge in [0.05, 0.1) is 39.3 Å². The molecule has 314 valence electrons. The summed E-state index contributed by atoms with van der Waals surface area (Å²) < 4.78 is 22.2. The van der Waals surface area contributed by atoms with Crippen LogP contribution >= 0.6 is 11.6 Å². The van der Waals surface area contributed by atoms with Crippen molar-refractivity contribution in [2.24, 2.45) is 5.92 Å². The standard InChI is InChI=1S/C47H57ClN4O7/c1-32(2)59-43-28-41-36(26-42(43)56-4)27-44(53)52(46(41)35-14-16-37(48)17-15-35)40-22-20-38(21-23-40)50(3)29-33-12-18-39(19-13-33)51(30-45(54)57-5)25-9-24-49-47(55)58-31-34-10-7-6-8-11-34/h6-8,10-11,14-17,20-23,26,28,32-33,39,46H,9,12-13,18-19,24-25,27,29-31H2,1-5H3,(H,49,55)/t33?,39?,46-/m0/s1. The summed E-state index contributed by atoms with van der Waals surface area (Å²) in [5, 5.41) is 3.46. The summed E-state index contributed by atoms with van der Waals surface area (Å²) in [6, 6.07) is 29.3. The molecule has 0 aromatic heterocycles. The van der Waals surface area contributed by atoms with Crippen molar-refractivity contribution in [1.29, 1.82) is 0 Å². The predicted molar refractivity (Wildman–Crippen MR) is 232 cm³/mol. The van der Waals surface area contributed by atoms with Crippen LogP contribution in [0.2, 0.25) is 5.02 Å². The van der Waals surface area contributed by atoms with Gasteiger partial charge in [-0.05, 0) is 123 Å². The molecule has 4 aromatic carbocycles. The average Bonchev–Trinajstić information content (AvgIpc) is 3.24. The molecule has 2 amide bonds. The molecule has 0 unspecified atom stereocenters. The van der Waals surface area contributed by atoms with Gasteiger partial charge in [0, 0.05) is 49.1 Å². The number of nitrogens with zero attached hydrogens (tertiary/aromatic N) is 3. The Morgan fingerprint density at radius 1 is 0.915 bits per heavy atom. The maximum atomic E-state index is 14.0. The van der Waals surface area contributed by atoms with Gasteiger partial charge in [-0.25, -0.2) is 4.79 Å². The number of fused-ring (bicyclic) bond motifs is 1. The first kappa shape index (κ1) is 43.3. The highest BCUT2D eigenvalue weighted by atomic mass is 35.5. The van der Waals surface area contributed by atoms with Crippen LogP contribution in [0.3, 0.4) is 0 Å². The molecular formula is C47H57ClN4O7. The molecule has 1 N–H and O–H groups in total. The molecule has 59 heavy (non-hydrogen) atoms. The summed E-state index contributed by atoms with van der Waals surface area (Å²) in [6.07, 6.45) is 4.44. The summed E-state index contributed by atoms with van der Waals surface area (Å²) >= 11 is 6.31. The van der Waals surface area contributed by atoms with E-state index in [1.54, 1.807) is 7.11 Å². The molecule has 1 saturated carbocycles. The second-order valence-corrected chi connectivity index (χ2v) is 16.2. The van der Waals surface area contributed by atoms with E-state index in [9.17, 15) is 14.4 Å². The molecule has 1 fully saturated rings. The maximum Gasteiger partial charge on any atom is 0.407 e. The van der Waals surface area contributed by atoms with Crippen molar-refractivity contribution in [2.45, 2.75) is 77.2 Å². The van der Waals surface area contributed by atoms with Crippen LogP contribution in [0.25, 0.3) is 0 Å². The Kier molecular flexibility index (Phi) is 15.1. The third-order valence-corrected chi connectivity index (χ3v) is 11.5. The van der Waals surface area contributed by atoms with Gasteiger partial charge in [-0.1, -0.05) is 54.1 Å². The first-order chi connectivity index (χ1) is 28.5. The van der Waals surface area contributed by atoms with Crippen LogP contribution in [-0.4, -0.2) is 82.5 Å². The summed E-state index contributed by atoms with van der Waals surface area (Å²) in [5.74, 6) is 1.48. The van der Waals surface area contributed by atoms with Crippen LogP contribution in [0.5, 0.6) is 11.5 Å². The number of nitrogens with one attached hydrogen (secondary N) is 1. The predicted octanol–water partition coefficient (Wildman–Crippen LogP) is 8.60. The second kappa shape index (κ2) is 20.6. The number of amides is 2. The molecule has 0 radical (unpaired) electrons. The summed E-state index contributed by atoms with van der Waals surface area (Å²) in [6.45, 7) is 6.42. The number of methoxy groups -OCH3 is 2. The number of anilines is 2. The van der Waals surface area contributed by atoms with Crippen LogP contribution in [0.15, 0.2) is 91.0 Å². The number of carbonyl (C=O) groups is 3. The fraction of sp³-hybridized carbons (Fsp3) is 0.426. The topological polar surface area (TPSA) is 110 Å². The quantitative estimate of drug-likeness (QED) is 0.0827. The van der Waals surface area contributed by atoms with Crippen molar-refractivity contribution < 1.29 is 33.3 Å². The zero-order chi connectivity index (χ0) is 41.9. The average molecular weight is 825 g/mol. The number of esters is 1. The minimum absolute atomic E-state index is 0.00579. The van der Waals surface area contributed by atoms with Crippen LogP contribution in [0.4, 0.5) is 16.2 Å². The molecule has 1 heterocycles. The maximum absolute atomic E-state index is 14.0. The van der Waals surface area contributed by atoms with E-state index in [0.717, 1.165) is 65.9 Å². The molecule has 1 atom stereocenters. The van der Waals surface area contributed by atoms with Crippen molar-refractivity contribution in [1.82, 2.24) is 10.2 Å². The lowest BCUT2D eigenvalue weighted by molar-refractivity contribution is -0.142. The van der Waals surface area contributed by atoms with Crippen molar-refractivity contribution in [2.75, 3.05) is 57.2 Å². The van der Waals surface area contributed by atoms with Gasteiger partial charge >= 0.3 is 12.1 Å². The highest BCUT2D eigenvalue weighted by molar-refractivity contribution is 6.30. The summed E-state index contributed by atoms with van der Waals surface area (Å²) in [5.41, 5.74) is 5.66. The third-order valence-electron chi connectivity index (χ3n) is 11.2. The molecule has 0 bridgehead atoms. The van der Waals surface area contributed by atoms with Crippen LogP contribution in [-0.2, 0) is 32.1 Å². The largest absolute Gasteiger partial charge is 0.493 e. The lowest BCUT2D eigenvalue weighted by atomic mass is 9.84. The molecule has 1 aliphatic carbocycles. The Labute approximate surface area is 353 Å². The molecule has 12 heteroatoms. The molecule has 0 spiro atoms. The zero-order valence-electron chi connectivity index (χ0n) is 34.8. The van der Waals surface area contributed by atoms with E-state index >= 15 is 0 Å². The fourth-order valence-corrected chi connectivity index (χ4v) is 8.38. The van der Waals surface area contributed by atoms with Gasteiger partial charge in [-0.3, -0.25) is 14.5 Å². The van der Waals surface area contributed by atoms with Gasteiger partial charge in [0.1, 0.15) is 6.61 Å². The van der Waals surface area contributed by atoms with Crippen LogP contribution < -0.4 is 24.6 Å². The normalized spacial score (nSPS) is 17.7. The van der Waals surface area contributed by atoms with E-state index in [2.05, 4.69) is 34.3 Å². The zero-order valence-corrected chi connectivity index (χ0v) is 35.6. The van der Waals surface area contributed by atoms with E-state index in [1.807, 2.05) is 97.6 Å². The van der Waals surface area contributed by atoms with Crippen molar-refractivity contribution in [3.63, 3.8) is 0 Å². The van der Waals surface area contributed by atoms with Crippen LogP contribution in [0, 0.1) is 5.92 Å². The number of hydrogen-bond donors (Lipinski definition) is 1. The molecule has 6 rings (SSSR count). The molecule has 4 aromatic rings. The molecular weight excluding hydrogens is 768 g/mol. The van der Waals surface area contributed by atoms with Crippen molar-refractivity contribution >= 4 is 40.9 Å². The Hall–Kier alpha value is -5.26. The van der Waals surface area contributed by atoms with E-state index in [0.29, 0.717) is 41.9 Å². The highest BCUT2D eigenvalue weighted by Crippen LogP contribution is 2.44. The van der Waals surface area contributed by atoms with Gasteiger partial charge in [0.2, 0.25) is 5.91 Å². The Morgan fingerprint density at radius 2 is 1.63 bits per heavy atom. The van der Waals surface area contributed by atoms with Gasteiger partial charge < -0.3 is 34.1 Å². The molecule has 0 saturated heterocycles. The Morgan fingerprint density at radius 3 is 2.29 bits per heavy atom. The smallest absolute Gasteiger partial charge is 0.407 e. The number of alkyl carbamates (subject to hydrolysis) is 1. The Balaban J connectivity index is 1.06. The number of hydrogen-bond acceptors (Lipinski definition) is 9. The second-order valence-electron chi connectivity index (χ2n) is 15.7. The lowest BCUT2D eigenvalue weighted by Gasteiger charge is -2.39. The highest BCUT2D eigenvalue weighted by Gasteiger charge is 2.36. The van der Waals surface area contributed by atoms with Gasteiger partial charge in [0.25, 0.3) is 0 Å². The molecule has 2 aliphatic rings. The summed E-state index contributed by atoms with van der Waals surface area (Å²) in [7, 11) is 5.15. The minimum atomic E-state index is -0.451. The van der Waals surface area contributed by atoms with E-state index in [-0.39, 0.29) is 49.6 Å². The molecule has 11 nitrogen and oxygen atoms in total. The van der Waals surface area contributed by atoms with Gasteiger partial charge in [-0.15, -0.1) is 0 Å². The minimum Gasteiger partial charge on any atom is -0.493 e. The number of carbonyl (C=O) groups excluding carboxylic acids is 3. The fourth-order valence-electron chi connectivity index (χ4n) is 8.25. The van der Waals surface area contributed by atoms with E-state index < -0.39 is 6.09 Å². The lowest BCUT2D eigenvalue weighted by Crippen LogP contribution is -2.43. The Bertz CT molecular complexity index is 2000. The van der Waals surface area contributed by atoms with Crippen LogP contribution in [0.1, 0.15) is 74.2 Å². The van der Waals surface area contributed by atoms with E-state index in [4.69, 9.17) is 30.5 Å². The number of halogens is 1. The van der Waals surface area contributed by atoms with E-state index in [1.165, 1.54) is 7.11 Å². The number of rotatable bonds is 17. The monoisotopic (exact) mass is 824 g/mol. The third kappa shape index (κ3) is 11.5. The molecule has 1 aliphatic heterocycles. The summed E-state index contributed by atoms with van der Waals surface area (Å²) in [4.78, 5) is 45.0. The first-order valence-corrected chi connectivity index (χ1v) is 20.9. The first-order valence-electron chi connectivity index (χ1n) is 20.5. The van der Waals surface area contributed by atoms with Crippen molar-refractivity contribution in [3.05, 3.63) is 118 Å². The van der Waals surface area contributed by atoms with Gasteiger partial charge in [0.15, 0.2) is 11.5 Å². The SMILES string of the molecule is COC(=O)CN(CCCNC(=O)OCc1ccccc1)C1CCC(CN(C)c2ccc(N3C(=O)Cc4cc(OC)c(OC(C)C)cc4[C@@H]3c3ccc(Cl)cc3)cc2)CC1. The number of ether oxygens (including phenoxy) is 4. The number of benzene rings is 4. The van der Waals surface area contributed by atoms with Crippen molar-refractivity contribution in [3.8, 4) is 11.5 Å².